The van der Waals surface area contributed by atoms with E-state index in [1.807, 2.05) is 18.9 Å². The van der Waals surface area contributed by atoms with E-state index >= 15 is 0 Å². The molecule has 1 aliphatic rings. The summed E-state index contributed by atoms with van der Waals surface area (Å²) in [6, 6.07) is 6.77. The van der Waals surface area contributed by atoms with Crippen molar-refractivity contribution in [1.29, 1.82) is 0 Å². The molecule has 1 aliphatic heterocycles. The van der Waals surface area contributed by atoms with Gasteiger partial charge in [0.05, 0.1) is 4.92 Å². The molecular weight excluding hydrogens is 196 g/mol. The minimum absolute atomic E-state index is 0.0363. The number of nitro groups is 1. The lowest BCUT2D eigenvalue weighted by Crippen LogP contribution is -2.08. The van der Waals surface area contributed by atoms with Gasteiger partial charge in [0.2, 0.25) is 0 Å². The molecule has 80 valence electrons. The number of hydrogen-bond donors (Lipinski definition) is 0. The van der Waals surface area contributed by atoms with Gasteiger partial charge in [-0.15, -0.1) is 5.06 Å². The molecule has 0 amide bonds. The summed E-state index contributed by atoms with van der Waals surface area (Å²) >= 11 is 0. The van der Waals surface area contributed by atoms with E-state index in [-0.39, 0.29) is 11.9 Å². The molecule has 0 saturated carbocycles. The molecule has 1 aromatic rings. The summed E-state index contributed by atoms with van der Waals surface area (Å²) in [5.74, 6) is 0. The van der Waals surface area contributed by atoms with Crippen molar-refractivity contribution in [2.75, 3.05) is 0 Å². The molecular formula is C10H12N2O3. The predicted octanol–water partition coefficient (Wildman–Crippen LogP) is 2.25. The van der Waals surface area contributed by atoms with Crippen LogP contribution in [0.3, 0.4) is 0 Å². The number of benzene rings is 1. The predicted molar refractivity (Wildman–Crippen MR) is 53.9 cm³/mol. The third kappa shape index (κ3) is 1.98. The maximum atomic E-state index is 10.4. The van der Waals surface area contributed by atoms with Crippen LogP contribution in [0.25, 0.3) is 0 Å². The highest BCUT2D eigenvalue weighted by atomic mass is 16.8. The number of non-ortho nitro benzene ring substituents is 1. The van der Waals surface area contributed by atoms with Gasteiger partial charge in [0, 0.05) is 23.7 Å². The first kappa shape index (κ1) is 10.1. The lowest BCUT2D eigenvalue weighted by atomic mass is 10.2. The number of rotatable bonds is 3. The number of hydrogen-bond acceptors (Lipinski definition) is 4. The van der Waals surface area contributed by atoms with Crippen molar-refractivity contribution in [3.8, 4) is 0 Å². The lowest BCUT2D eigenvalue weighted by molar-refractivity contribution is -0.384. The maximum Gasteiger partial charge on any atom is 0.269 e. The Balaban J connectivity index is 2.09. The second-order valence-corrected chi connectivity index (χ2v) is 3.76. The zero-order chi connectivity index (χ0) is 11.0. The molecule has 1 unspecified atom stereocenters. The van der Waals surface area contributed by atoms with E-state index in [1.54, 1.807) is 12.1 Å². The Kier molecular flexibility index (Phi) is 2.42. The smallest absolute Gasteiger partial charge is 0.269 e. The first-order valence-corrected chi connectivity index (χ1v) is 4.79. The number of nitrogens with zero attached hydrogens (tertiary/aromatic N) is 2. The van der Waals surface area contributed by atoms with Crippen molar-refractivity contribution in [2.24, 2.45) is 0 Å². The average Bonchev–Trinajstić information content (AvgIpc) is 2.97. The molecule has 2 atom stereocenters. The van der Waals surface area contributed by atoms with Gasteiger partial charge in [-0.1, -0.05) is 0 Å². The largest absolute Gasteiger partial charge is 0.270 e. The molecule has 5 nitrogen and oxygen atoms in total. The molecule has 0 radical (unpaired) electrons. The quantitative estimate of drug-likeness (QED) is 0.434. The van der Waals surface area contributed by atoms with Crippen molar-refractivity contribution in [2.45, 2.75) is 26.1 Å². The van der Waals surface area contributed by atoms with Crippen molar-refractivity contribution in [1.82, 2.24) is 5.06 Å². The van der Waals surface area contributed by atoms with Gasteiger partial charge in [0.15, 0.2) is 6.23 Å². The van der Waals surface area contributed by atoms with Crippen molar-refractivity contribution < 1.29 is 9.76 Å². The Morgan fingerprint density at radius 1 is 1.40 bits per heavy atom. The fourth-order valence-corrected chi connectivity index (χ4v) is 1.45. The van der Waals surface area contributed by atoms with Crippen LogP contribution in [0.4, 0.5) is 5.69 Å². The molecule has 0 N–H and O–H groups in total. The highest BCUT2D eigenvalue weighted by molar-refractivity contribution is 5.34. The van der Waals surface area contributed by atoms with Gasteiger partial charge in [0.25, 0.3) is 5.69 Å². The van der Waals surface area contributed by atoms with Crippen LogP contribution in [-0.2, 0) is 4.84 Å². The van der Waals surface area contributed by atoms with E-state index in [0.29, 0.717) is 6.04 Å². The Hall–Kier alpha value is -1.46. The summed E-state index contributed by atoms with van der Waals surface area (Å²) in [4.78, 5) is 15.4. The third-order valence-electron chi connectivity index (χ3n) is 2.31. The second kappa shape index (κ2) is 3.60. The van der Waals surface area contributed by atoms with E-state index in [9.17, 15) is 10.1 Å². The SMILES string of the molecule is CC(C)N1O[C@H]1c1ccc([N+](=O)[O-])cc1. The van der Waals surface area contributed by atoms with Crippen molar-refractivity contribution >= 4 is 5.69 Å². The van der Waals surface area contributed by atoms with E-state index in [1.165, 1.54) is 12.1 Å². The van der Waals surface area contributed by atoms with Crippen LogP contribution in [0, 0.1) is 10.1 Å². The van der Waals surface area contributed by atoms with Crippen LogP contribution < -0.4 is 0 Å². The van der Waals surface area contributed by atoms with Crippen LogP contribution >= 0.6 is 0 Å². The van der Waals surface area contributed by atoms with Crippen LogP contribution in [0.1, 0.15) is 25.6 Å². The molecule has 1 saturated heterocycles. The first-order chi connectivity index (χ1) is 7.09. The summed E-state index contributed by atoms with van der Waals surface area (Å²) in [5, 5.41) is 12.3. The third-order valence-corrected chi connectivity index (χ3v) is 2.31. The van der Waals surface area contributed by atoms with E-state index in [0.717, 1.165) is 5.56 Å². The summed E-state index contributed by atoms with van der Waals surface area (Å²) in [6.07, 6.45) is -0.0363. The van der Waals surface area contributed by atoms with Crippen molar-refractivity contribution in [3.05, 3.63) is 39.9 Å². The molecule has 0 spiro atoms. The van der Waals surface area contributed by atoms with Gasteiger partial charge in [-0.25, -0.2) is 0 Å². The highest BCUT2D eigenvalue weighted by Gasteiger charge is 2.39. The van der Waals surface area contributed by atoms with E-state index < -0.39 is 4.92 Å². The van der Waals surface area contributed by atoms with Gasteiger partial charge in [-0.2, -0.15) is 0 Å². The Bertz CT molecular complexity index is 375. The topological polar surface area (TPSA) is 58.7 Å². The summed E-state index contributed by atoms with van der Waals surface area (Å²) < 4.78 is 0. The summed E-state index contributed by atoms with van der Waals surface area (Å²) in [5.41, 5.74) is 1.06. The molecule has 0 aliphatic carbocycles. The van der Waals surface area contributed by atoms with E-state index in [4.69, 9.17) is 4.84 Å². The zero-order valence-electron chi connectivity index (χ0n) is 8.58. The molecule has 1 fully saturated rings. The van der Waals surface area contributed by atoms with Gasteiger partial charge in [-0.3, -0.25) is 15.0 Å². The van der Waals surface area contributed by atoms with Gasteiger partial charge >= 0.3 is 0 Å². The zero-order valence-corrected chi connectivity index (χ0v) is 8.58. The number of nitro benzene ring substituents is 1. The monoisotopic (exact) mass is 208 g/mol. The molecule has 5 heteroatoms. The maximum absolute atomic E-state index is 10.4. The van der Waals surface area contributed by atoms with Crippen LogP contribution in [0.15, 0.2) is 24.3 Å². The molecule has 0 aromatic heterocycles. The Morgan fingerprint density at radius 3 is 2.40 bits per heavy atom. The molecule has 2 rings (SSSR count). The van der Waals surface area contributed by atoms with Gasteiger partial charge in [-0.05, 0) is 26.0 Å². The Labute approximate surface area is 87.4 Å². The molecule has 1 heterocycles. The second-order valence-electron chi connectivity index (χ2n) is 3.76. The van der Waals surface area contributed by atoms with Crippen LogP contribution in [-0.4, -0.2) is 16.0 Å². The average molecular weight is 208 g/mol. The lowest BCUT2D eigenvalue weighted by Gasteiger charge is -2.00. The number of hydroxylamine groups is 2. The minimum atomic E-state index is -0.405. The van der Waals surface area contributed by atoms with Crippen molar-refractivity contribution in [3.63, 3.8) is 0 Å². The van der Waals surface area contributed by atoms with Gasteiger partial charge < -0.3 is 0 Å². The fraction of sp³-hybridized carbons (Fsp3) is 0.400. The summed E-state index contributed by atoms with van der Waals surface area (Å²) in [6.45, 7) is 4.07. The normalized spacial score (nSPS) is 24.2. The standard InChI is InChI=1S/C10H12N2O3/c1-7(2)11-10(15-11)8-3-5-9(6-4-8)12(13)14/h3-7,10H,1-2H3/t10-,11?/m0/s1. The molecule has 1 aromatic carbocycles. The summed E-state index contributed by atoms with van der Waals surface area (Å²) in [7, 11) is 0. The van der Waals surface area contributed by atoms with Gasteiger partial charge in [0.1, 0.15) is 0 Å². The van der Waals surface area contributed by atoms with Crippen LogP contribution in [0.5, 0.6) is 0 Å². The minimum Gasteiger partial charge on any atom is -0.270 e. The van der Waals surface area contributed by atoms with Crippen LogP contribution in [0.2, 0.25) is 0 Å². The molecule has 0 bridgehead atoms. The highest BCUT2D eigenvalue weighted by Crippen LogP contribution is 2.39. The fourth-order valence-electron chi connectivity index (χ4n) is 1.45. The Morgan fingerprint density at radius 2 is 2.00 bits per heavy atom. The van der Waals surface area contributed by atoms with E-state index in [2.05, 4.69) is 0 Å². The molecule has 15 heavy (non-hydrogen) atoms. The first-order valence-electron chi connectivity index (χ1n) is 4.79.